The Kier molecular flexibility index (Phi) is 2.84. The van der Waals surface area contributed by atoms with Gasteiger partial charge in [-0.1, -0.05) is 13.3 Å². The van der Waals surface area contributed by atoms with Crippen LogP contribution in [0.4, 0.5) is 0 Å². The van der Waals surface area contributed by atoms with E-state index in [-0.39, 0.29) is 5.54 Å². The normalized spacial score (nSPS) is 23.0. The number of hydrogen-bond acceptors (Lipinski definition) is 3. The average molecular weight is 183 g/mol. The molecule has 0 aromatic heterocycles. The van der Waals surface area contributed by atoms with Crippen molar-refractivity contribution in [1.82, 2.24) is 9.91 Å². The Balaban J connectivity index is 2.69. The molecule has 0 aromatic rings. The lowest BCUT2D eigenvalue weighted by molar-refractivity contribution is 0.0869. The Hall–Kier alpha value is -0.730. The molecule has 0 spiro atoms. The Morgan fingerprint density at radius 3 is 2.46 bits per heavy atom. The second-order valence-electron chi connectivity index (χ2n) is 4.65. The second-order valence-corrected chi connectivity index (χ2v) is 4.65. The van der Waals surface area contributed by atoms with Crippen LogP contribution in [0.2, 0.25) is 0 Å². The van der Waals surface area contributed by atoms with Gasteiger partial charge in [0.05, 0.1) is 0 Å². The summed E-state index contributed by atoms with van der Waals surface area (Å²) in [5, 5.41) is 6.37. The molecule has 0 amide bonds. The van der Waals surface area contributed by atoms with E-state index in [2.05, 4.69) is 42.7 Å². The van der Waals surface area contributed by atoms with Gasteiger partial charge in [-0.2, -0.15) is 5.10 Å². The molecule has 1 unspecified atom stereocenters. The molecule has 0 radical (unpaired) electrons. The predicted octanol–water partition coefficient (Wildman–Crippen LogP) is 2.10. The van der Waals surface area contributed by atoms with Gasteiger partial charge in [-0.3, -0.25) is 5.01 Å². The van der Waals surface area contributed by atoms with Gasteiger partial charge in [0.25, 0.3) is 0 Å². The van der Waals surface area contributed by atoms with E-state index in [1.54, 1.807) is 0 Å². The lowest BCUT2D eigenvalue weighted by Gasteiger charge is -2.38. The van der Waals surface area contributed by atoms with Gasteiger partial charge in [-0.05, 0) is 27.2 Å². The molecule has 0 N–H and O–H groups in total. The summed E-state index contributed by atoms with van der Waals surface area (Å²) in [6.45, 7) is 8.88. The molecule has 76 valence electrons. The van der Waals surface area contributed by atoms with E-state index in [4.69, 9.17) is 0 Å². The molecule has 0 saturated carbocycles. The summed E-state index contributed by atoms with van der Waals surface area (Å²) in [5.74, 6) is 0. The minimum absolute atomic E-state index is 0.175. The monoisotopic (exact) mass is 183 g/mol. The first-order valence-electron chi connectivity index (χ1n) is 5.02. The van der Waals surface area contributed by atoms with Gasteiger partial charge in [0.2, 0.25) is 0 Å². The summed E-state index contributed by atoms with van der Waals surface area (Å²) in [6, 6.07) is 0. The van der Waals surface area contributed by atoms with E-state index >= 15 is 0 Å². The third kappa shape index (κ3) is 2.14. The van der Waals surface area contributed by atoms with E-state index in [0.29, 0.717) is 6.17 Å². The summed E-state index contributed by atoms with van der Waals surface area (Å²) in [6.07, 6.45) is 4.78. The van der Waals surface area contributed by atoms with Crippen molar-refractivity contribution in [3.63, 3.8) is 0 Å². The van der Waals surface area contributed by atoms with E-state index < -0.39 is 0 Å². The molecule has 0 bridgehead atoms. The summed E-state index contributed by atoms with van der Waals surface area (Å²) < 4.78 is 0. The van der Waals surface area contributed by atoms with Gasteiger partial charge in [0.1, 0.15) is 12.5 Å². The minimum atomic E-state index is 0.175. The van der Waals surface area contributed by atoms with Crippen LogP contribution in [0.1, 0.15) is 40.5 Å². The van der Waals surface area contributed by atoms with Gasteiger partial charge in [-0.25, -0.2) is 0 Å². The number of nitrogens with zero attached hydrogens (tertiary/aromatic N) is 3. The minimum Gasteiger partial charge on any atom is -0.335 e. The predicted molar refractivity (Wildman–Crippen MR) is 56.5 cm³/mol. The third-order valence-electron chi connectivity index (χ3n) is 2.43. The fraction of sp³-hybridized carbons (Fsp3) is 0.900. The quantitative estimate of drug-likeness (QED) is 0.653. The van der Waals surface area contributed by atoms with Crippen LogP contribution in [0, 0.1) is 0 Å². The van der Waals surface area contributed by atoms with Crippen LogP contribution in [0.15, 0.2) is 5.10 Å². The van der Waals surface area contributed by atoms with E-state index in [0.717, 1.165) is 0 Å². The lowest BCUT2D eigenvalue weighted by atomic mass is 10.1. The Bertz CT molecular complexity index is 193. The van der Waals surface area contributed by atoms with Crippen molar-refractivity contribution in [1.29, 1.82) is 0 Å². The Labute approximate surface area is 81.4 Å². The first kappa shape index (κ1) is 10.4. The van der Waals surface area contributed by atoms with Gasteiger partial charge >= 0.3 is 0 Å². The summed E-state index contributed by atoms with van der Waals surface area (Å²) in [7, 11) is 2.04. The molecule has 3 heteroatoms. The molecule has 0 saturated heterocycles. The molecule has 3 nitrogen and oxygen atoms in total. The average Bonchev–Trinajstić information content (AvgIpc) is 2.32. The lowest BCUT2D eigenvalue weighted by Crippen LogP contribution is -2.48. The standard InChI is InChI=1S/C10H21N3/c1-6-7-9-12(5)11-8-13(9)10(2,3)4/h8-9H,6-7H2,1-5H3. The highest BCUT2D eigenvalue weighted by Crippen LogP contribution is 2.23. The van der Waals surface area contributed by atoms with Crippen molar-refractivity contribution < 1.29 is 0 Å². The van der Waals surface area contributed by atoms with E-state index in [1.807, 2.05) is 13.4 Å². The van der Waals surface area contributed by atoms with Gasteiger partial charge in [0.15, 0.2) is 0 Å². The van der Waals surface area contributed by atoms with Crippen molar-refractivity contribution >= 4 is 6.34 Å². The molecule has 0 aliphatic carbocycles. The first-order chi connectivity index (χ1) is 5.96. The molecule has 0 fully saturated rings. The van der Waals surface area contributed by atoms with Gasteiger partial charge < -0.3 is 4.90 Å². The maximum atomic E-state index is 4.32. The molecular weight excluding hydrogens is 162 g/mol. The molecule has 1 heterocycles. The molecule has 1 rings (SSSR count). The van der Waals surface area contributed by atoms with E-state index in [9.17, 15) is 0 Å². The number of hydrogen-bond donors (Lipinski definition) is 0. The van der Waals surface area contributed by atoms with Crippen molar-refractivity contribution in [2.24, 2.45) is 5.10 Å². The summed E-state index contributed by atoms with van der Waals surface area (Å²) >= 11 is 0. The van der Waals surface area contributed by atoms with Crippen molar-refractivity contribution in [3.05, 3.63) is 0 Å². The van der Waals surface area contributed by atoms with Crippen molar-refractivity contribution in [3.8, 4) is 0 Å². The fourth-order valence-electron chi connectivity index (χ4n) is 1.68. The zero-order valence-corrected chi connectivity index (χ0v) is 9.41. The van der Waals surface area contributed by atoms with Crippen LogP contribution in [0.3, 0.4) is 0 Å². The molecule has 0 aromatic carbocycles. The van der Waals surface area contributed by atoms with Crippen molar-refractivity contribution in [2.45, 2.75) is 52.2 Å². The first-order valence-corrected chi connectivity index (χ1v) is 5.02. The van der Waals surface area contributed by atoms with Crippen LogP contribution in [-0.4, -0.2) is 35.0 Å². The Morgan fingerprint density at radius 2 is 2.00 bits per heavy atom. The smallest absolute Gasteiger partial charge is 0.119 e. The fourth-order valence-corrected chi connectivity index (χ4v) is 1.68. The molecular formula is C10H21N3. The maximum Gasteiger partial charge on any atom is 0.119 e. The highest BCUT2D eigenvalue weighted by Gasteiger charge is 2.31. The molecule has 1 aliphatic rings. The third-order valence-corrected chi connectivity index (χ3v) is 2.43. The molecule has 13 heavy (non-hydrogen) atoms. The van der Waals surface area contributed by atoms with Gasteiger partial charge in [0, 0.05) is 12.6 Å². The highest BCUT2D eigenvalue weighted by atomic mass is 15.6. The van der Waals surface area contributed by atoms with Crippen molar-refractivity contribution in [2.75, 3.05) is 7.05 Å². The number of hydrazone groups is 1. The van der Waals surface area contributed by atoms with Crippen LogP contribution < -0.4 is 0 Å². The van der Waals surface area contributed by atoms with Crippen LogP contribution >= 0.6 is 0 Å². The maximum absolute atomic E-state index is 4.32. The largest absolute Gasteiger partial charge is 0.335 e. The van der Waals surface area contributed by atoms with Gasteiger partial charge in [-0.15, -0.1) is 0 Å². The number of rotatable bonds is 2. The summed E-state index contributed by atoms with van der Waals surface area (Å²) in [5.41, 5.74) is 0.175. The van der Waals surface area contributed by atoms with Crippen LogP contribution in [0.25, 0.3) is 0 Å². The Morgan fingerprint density at radius 1 is 1.38 bits per heavy atom. The SMILES string of the molecule is CCCC1N(C)N=CN1C(C)(C)C. The van der Waals surface area contributed by atoms with Crippen LogP contribution in [-0.2, 0) is 0 Å². The zero-order valence-electron chi connectivity index (χ0n) is 9.41. The highest BCUT2D eigenvalue weighted by molar-refractivity contribution is 5.58. The molecule has 1 aliphatic heterocycles. The summed E-state index contributed by atoms with van der Waals surface area (Å²) in [4.78, 5) is 2.33. The second kappa shape index (κ2) is 3.56. The molecule has 1 atom stereocenters. The topological polar surface area (TPSA) is 18.8 Å². The zero-order chi connectivity index (χ0) is 10.1. The van der Waals surface area contributed by atoms with Crippen LogP contribution in [0.5, 0.6) is 0 Å². The van der Waals surface area contributed by atoms with E-state index in [1.165, 1.54) is 12.8 Å².